The van der Waals surface area contributed by atoms with Crippen LogP contribution in [0.2, 0.25) is 0 Å². The second-order valence-electron chi connectivity index (χ2n) is 6.33. The molecule has 0 bridgehead atoms. The molecule has 1 aromatic heterocycles. The number of hydrogen-bond acceptors (Lipinski definition) is 6. The minimum absolute atomic E-state index is 0.528. The van der Waals surface area contributed by atoms with Gasteiger partial charge in [-0.2, -0.15) is 0 Å². The van der Waals surface area contributed by atoms with E-state index in [4.69, 9.17) is 28.4 Å². The largest absolute Gasteiger partial charge is 0.493 e. The van der Waals surface area contributed by atoms with Crippen molar-refractivity contribution in [3.8, 4) is 57.0 Å². The molecule has 2 aromatic carbocycles. The molecule has 7 nitrogen and oxygen atoms in total. The van der Waals surface area contributed by atoms with E-state index in [0.29, 0.717) is 34.5 Å². The van der Waals surface area contributed by atoms with Crippen molar-refractivity contribution in [3.05, 3.63) is 33.2 Å². The second-order valence-corrected chi connectivity index (χ2v) is 7.92. The standard InChI is InChI=1S/C22H23Br2NO6/c1-26-13-7-11(8-14(27-2)21(13)30-5)19-17(23)18(24)20(25-19)12-9-15(28-3)22(31-6)16(10-12)29-4/h7-10,25H,1-6H3. The van der Waals surface area contributed by atoms with Crippen molar-refractivity contribution < 1.29 is 28.4 Å². The first-order chi connectivity index (χ1) is 14.9. The molecule has 0 saturated heterocycles. The number of hydrogen-bond donors (Lipinski definition) is 1. The maximum Gasteiger partial charge on any atom is 0.203 e. The SMILES string of the molecule is COc1cc(-c2[nH]c(-c3cc(OC)c(OC)c(OC)c3)c(Br)c2Br)cc(OC)c1OC. The van der Waals surface area contributed by atoms with Crippen molar-refractivity contribution in [1.29, 1.82) is 0 Å². The van der Waals surface area contributed by atoms with Crippen LogP contribution in [0.1, 0.15) is 0 Å². The predicted molar refractivity (Wildman–Crippen MR) is 126 cm³/mol. The second kappa shape index (κ2) is 9.74. The molecule has 0 fully saturated rings. The van der Waals surface area contributed by atoms with Gasteiger partial charge >= 0.3 is 0 Å². The number of ether oxygens (including phenoxy) is 6. The first kappa shape index (κ1) is 23.1. The Kier molecular flexibility index (Phi) is 7.27. The first-order valence-corrected chi connectivity index (χ1v) is 10.7. The fraction of sp³-hybridized carbons (Fsp3) is 0.273. The van der Waals surface area contributed by atoms with Crippen LogP contribution >= 0.6 is 31.9 Å². The minimum atomic E-state index is 0.528. The van der Waals surface area contributed by atoms with Crippen LogP contribution in [0.5, 0.6) is 34.5 Å². The maximum atomic E-state index is 5.50. The molecule has 0 aliphatic heterocycles. The highest BCUT2D eigenvalue weighted by Crippen LogP contribution is 2.48. The lowest BCUT2D eigenvalue weighted by Crippen LogP contribution is -1.96. The van der Waals surface area contributed by atoms with Crippen molar-refractivity contribution in [3.63, 3.8) is 0 Å². The number of rotatable bonds is 8. The molecule has 3 aromatic rings. The lowest BCUT2D eigenvalue weighted by molar-refractivity contribution is 0.324. The van der Waals surface area contributed by atoms with Gasteiger partial charge in [0.05, 0.1) is 63.0 Å². The van der Waals surface area contributed by atoms with Crippen molar-refractivity contribution in [2.24, 2.45) is 0 Å². The molecular formula is C22H23Br2NO6. The Morgan fingerprint density at radius 2 is 0.806 bits per heavy atom. The van der Waals surface area contributed by atoms with Crippen LogP contribution in [-0.4, -0.2) is 47.6 Å². The average molecular weight is 557 g/mol. The third-order valence-electron chi connectivity index (χ3n) is 4.79. The summed E-state index contributed by atoms with van der Waals surface area (Å²) in [5.74, 6) is 3.29. The molecule has 9 heteroatoms. The molecule has 0 amide bonds. The van der Waals surface area contributed by atoms with Crippen molar-refractivity contribution in [1.82, 2.24) is 4.98 Å². The van der Waals surface area contributed by atoms with E-state index in [2.05, 4.69) is 36.8 Å². The number of methoxy groups -OCH3 is 6. The summed E-state index contributed by atoms with van der Waals surface area (Å²) in [5, 5.41) is 0. The van der Waals surface area contributed by atoms with Gasteiger partial charge < -0.3 is 33.4 Å². The van der Waals surface area contributed by atoms with Gasteiger partial charge in [0, 0.05) is 11.1 Å². The number of H-pyrrole nitrogens is 1. The highest BCUT2D eigenvalue weighted by molar-refractivity contribution is 9.13. The Hall–Kier alpha value is -2.52. The lowest BCUT2D eigenvalue weighted by Gasteiger charge is -2.14. The van der Waals surface area contributed by atoms with E-state index in [1.54, 1.807) is 42.7 Å². The summed E-state index contributed by atoms with van der Waals surface area (Å²) >= 11 is 7.37. The van der Waals surface area contributed by atoms with E-state index >= 15 is 0 Å². The van der Waals surface area contributed by atoms with E-state index in [9.17, 15) is 0 Å². The van der Waals surface area contributed by atoms with Crippen molar-refractivity contribution >= 4 is 31.9 Å². The average Bonchev–Trinajstić information content (AvgIpc) is 3.11. The summed E-state index contributed by atoms with van der Waals surface area (Å²) in [6, 6.07) is 7.51. The van der Waals surface area contributed by atoms with Gasteiger partial charge in [0.2, 0.25) is 11.5 Å². The zero-order valence-electron chi connectivity index (χ0n) is 18.0. The summed E-state index contributed by atoms with van der Waals surface area (Å²) in [6.45, 7) is 0. The smallest absolute Gasteiger partial charge is 0.203 e. The number of halogens is 2. The summed E-state index contributed by atoms with van der Waals surface area (Å²) in [6.07, 6.45) is 0. The van der Waals surface area contributed by atoms with Crippen molar-refractivity contribution in [2.75, 3.05) is 42.7 Å². The van der Waals surface area contributed by atoms with Gasteiger partial charge in [-0.05, 0) is 56.1 Å². The van der Waals surface area contributed by atoms with Crippen LogP contribution < -0.4 is 28.4 Å². The van der Waals surface area contributed by atoms with Gasteiger partial charge in [0.1, 0.15) is 0 Å². The van der Waals surface area contributed by atoms with E-state index in [-0.39, 0.29) is 0 Å². The van der Waals surface area contributed by atoms with Gasteiger partial charge in [-0.3, -0.25) is 0 Å². The quantitative estimate of drug-likeness (QED) is 0.371. The predicted octanol–water partition coefficient (Wildman–Crippen LogP) is 5.93. The molecule has 31 heavy (non-hydrogen) atoms. The highest BCUT2D eigenvalue weighted by atomic mass is 79.9. The first-order valence-electron chi connectivity index (χ1n) is 9.11. The molecule has 1 heterocycles. The van der Waals surface area contributed by atoms with Crippen LogP contribution in [0.4, 0.5) is 0 Å². The summed E-state index contributed by atoms with van der Waals surface area (Å²) in [5.41, 5.74) is 3.35. The van der Waals surface area contributed by atoms with Crippen LogP contribution in [0.15, 0.2) is 33.2 Å². The Bertz CT molecular complexity index is 962. The molecule has 3 rings (SSSR count). The highest BCUT2D eigenvalue weighted by Gasteiger charge is 2.22. The zero-order chi connectivity index (χ0) is 22.7. The fourth-order valence-electron chi connectivity index (χ4n) is 3.30. The third kappa shape index (κ3) is 4.16. The molecule has 0 radical (unpaired) electrons. The molecule has 0 aliphatic carbocycles. The Balaban J connectivity index is 2.20. The molecule has 0 spiro atoms. The van der Waals surface area contributed by atoms with Gasteiger partial charge in [-0.15, -0.1) is 0 Å². The number of aromatic nitrogens is 1. The van der Waals surface area contributed by atoms with Crippen LogP contribution in [-0.2, 0) is 0 Å². The summed E-state index contributed by atoms with van der Waals surface area (Å²) < 4.78 is 34.5. The molecule has 1 N–H and O–H groups in total. The van der Waals surface area contributed by atoms with Gasteiger partial charge in [0.25, 0.3) is 0 Å². The van der Waals surface area contributed by atoms with Crippen LogP contribution in [0.25, 0.3) is 22.5 Å². The number of nitrogens with one attached hydrogen (secondary N) is 1. The lowest BCUT2D eigenvalue weighted by atomic mass is 10.1. The number of benzene rings is 2. The Morgan fingerprint density at radius 3 is 1.03 bits per heavy atom. The molecular weight excluding hydrogens is 534 g/mol. The molecule has 0 saturated carbocycles. The summed E-state index contributed by atoms with van der Waals surface area (Å²) in [4.78, 5) is 3.46. The maximum absolute atomic E-state index is 5.50. The van der Waals surface area contributed by atoms with E-state index < -0.39 is 0 Å². The van der Waals surface area contributed by atoms with E-state index in [1.807, 2.05) is 24.3 Å². The van der Waals surface area contributed by atoms with Crippen LogP contribution in [0, 0.1) is 0 Å². The molecule has 0 atom stereocenters. The third-order valence-corrected chi connectivity index (χ3v) is 6.91. The molecule has 0 aliphatic rings. The Morgan fingerprint density at radius 1 is 0.516 bits per heavy atom. The van der Waals surface area contributed by atoms with E-state index in [1.165, 1.54) is 0 Å². The van der Waals surface area contributed by atoms with Gasteiger partial charge in [-0.1, -0.05) is 0 Å². The van der Waals surface area contributed by atoms with E-state index in [0.717, 1.165) is 31.5 Å². The van der Waals surface area contributed by atoms with Gasteiger partial charge in [0.15, 0.2) is 23.0 Å². The number of aromatic amines is 1. The fourth-order valence-corrected chi connectivity index (χ4v) is 4.36. The molecule has 0 unspecified atom stereocenters. The topological polar surface area (TPSA) is 71.2 Å². The zero-order valence-corrected chi connectivity index (χ0v) is 21.2. The minimum Gasteiger partial charge on any atom is -0.493 e. The van der Waals surface area contributed by atoms with Crippen molar-refractivity contribution in [2.45, 2.75) is 0 Å². The Labute approximate surface area is 197 Å². The molecule has 166 valence electrons. The monoisotopic (exact) mass is 555 g/mol. The van der Waals surface area contributed by atoms with Crippen LogP contribution in [0.3, 0.4) is 0 Å². The summed E-state index contributed by atoms with van der Waals surface area (Å²) in [7, 11) is 9.49. The van der Waals surface area contributed by atoms with Gasteiger partial charge in [-0.25, -0.2) is 0 Å². The normalized spacial score (nSPS) is 10.6.